The zero-order chi connectivity index (χ0) is 6.85. The van der Waals surface area contributed by atoms with Gasteiger partial charge in [-0.15, -0.1) is 0 Å². The summed E-state index contributed by atoms with van der Waals surface area (Å²) in [6, 6.07) is 5.62. The fourth-order valence-corrected chi connectivity index (χ4v) is 1.44. The molecule has 9 heavy (non-hydrogen) atoms. The first kappa shape index (κ1) is 7.08. The first-order valence-corrected chi connectivity index (χ1v) is 4.74. The molecule has 0 saturated heterocycles. The Hall–Kier alpha value is -0.0331. The summed E-state index contributed by atoms with van der Waals surface area (Å²) in [7, 11) is 1.01. The van der Waals surface area contributed by atoms with Crippen LogP contribution in [0.2, 0.25) is 0 Å². The van der Waals surface area contributed by atoms with E-state index in [1.165, 1.54) is 5.19 Å². The van der Waals surface area contributed by atoms with Crippen LogP contribution in [-0.4, -0.2) is 15.3 Å². The van der Waals surface area contributed by atoms with E-state index in [1.807, 2.05) is 12.1 Å². The quantitative estimate of drug-likeness (QED) is 0.507. The molecule has 0 bridgehead atoms. The molecule has 1 aromatic rings. The zero-order valence-electron chi connectivity index (χ0n) is 5.06. The number of rotatable bonds is 0. The standard InChI is InChI=1S/C6H7IOSi/c7-6-4(8)2-1-3-5(6)9/h1-3,8H,9H3. The van der Waals surface area contributed by atoms with Crippen molar-refractivity contribution in [3.63, 3.8) is 0 Å². The molecular formula is C6H7IOSi. The molecule has 1 rings (SSSR count). The van der Waals surface area contributed by atoms with Gasteiger partial charge in [-0.1, -0.05) is 17.3 Å². The van der Waals surface area contributed by atoms with E-state index < -0.39 is 0 Å². The molecular weight excluding hydrogens is 243 g/mol. The van der Waals surface area contributed by atoms with Crippen molar-refractivity contribution in [2.24, 2.45) is 0 Å². The highest BCUT2D eigenvalue weighted by atomic mass is 127. The fourth-order valence-electron chi connectivity index (χ4n) is 0.632. The van der Waals surface area contributed by atoms with Crippen molar-refractivity contribution >= 4 is 38.0 Å². The summed E-state index contributed by atoms with van der Waals surface area (Å²) in [5.41, 5.74) is 0. The molecule has 0 amide bonds. The Morgan fingerprint density at radius 3 is 2.56 bits per heavy atom. The molecule has 0 atom stereocenters. The Bertz CT molecular complexity index is 204. The highest BCUT2D eigenvalue weighted by Crippen LogP contribution is 2.14. The zero-order valence-corrected chi connectivity index (χ0v) is 9.21. The van der Waals surface area contributed by atoms with Crippen LogP contribution in [0.15, 0.2) is 18.2 Å². The van der Waals surface area contributed by atoms with E-state index in [0.29, 0.717) is 5.75 Å². The van der Waals surface area contributed by atoms with E-state index in [2.05, 4.69) is 22.6 Å². The van der Waals surface area contributed by atoms with Crippen LogP contribution in [0.3, 0.4) is 0 Å². The minimum absolute atomic E-state index is 0.406. The van der Waals surface area contributed by atoms with Crippen LogP contribution in [-0.2, 0) is 0 Å². The molecule has 1 aromatic carbocycles. The van der Waals surface area contributed by atoms with Crippen molar-refractivity contribution < 1.29 is 5.11 Å². The molecule has 48 valence electrons. The first-order chi connectivity index (χ1) is 4.22. The maximum Gasteiger partial charge on any atom is 0.128 e. The van der Waals surface area contributed by atoms with Crippen molar-refractivity contribution in [3.8, 4) is 5.75 Å². The number of benzene rings is 1. The molecule has 0 radical (unpaired) electrons. The highest BCUT2D eigenvalue weighted by Gasteiger charge is 1.96. The van der Waals surface area contributed by atoms with Crippen LogP contribution >= 0.6 is 22.6 Å². The average molecular weight is 250 g/mol. The van der Waals surface area contributed by atoms with E-state index in [1.54, 1.807) is 6.07 Å². The second-order valence-electron chi connectivity index (χ2n) is 1.91. The molecule has 0 fully saturated rings. The number of phenolic OH excluding ortho intramolecular Hbond substituents is 1. The van der Waals surface area contributed by atoms with Gasteiger partial charge in [-0.2, -0.15) is 0 Å². The molecule has 0 aliphatic heterocycles. The number of phenols is 1. The van der Waals surface area contributed by atoms with E-state index in [0.717, 1.165) is 13.8 Å². The number of halogens is 1. The molecule has 3 heteroatoms. The van der Waals surface area contributed by atoms with Crippen molar-refractivity contribution in [1.82, 2.24) is 0 Å². The third kappa shape index (κ3) is 1.45. The van der Waals surface area contributed by atoms with Crippen LogP contribution in [0.25, 0.3) is 0 Å². The molecule has 0 heterocycles. The van der Waals surface area contributed by atoms with Crippen molar-refractivity contribution in [3.05, 3.63) is 21.8 Å². The molecule has 0 spiro atoms. The molecule has 1 nitrogen and oxygen atoms in total. The van der Waals surface area contributed by atoms with Gasteiger partial charge >= 0.3 is 0 Å². The fraction of sp³-hybridized carbons (Fsp3) is 0. The van der Waals surface area contributed by atoms with Gasteiger partial charge in [0.1, 0.15) is 5.75 Å². The van der Waals surface area contributed by atoms with Crippen molar-refractivity contribution in [2.45, 2.75) is 0 Å². The van der Waals surface area contributed by atoms with Crippen molar-refractivity contribution in [2.75, 3.05) is 0 Å². The smallest absolute Gasteiger partial charge is 0.128 e. The second kappa shape index (κ2) is 2.70. The lowest BCUT2D eigenvalue weighted by Crippen LogP contribution is -2.05. The molecule has 0 aliphatic carbocycles. The normalized spacial score (nSPS) is 9.89. The average Bonchev–Trinajstić information content (AvgIpc) is 1.83. The monoisotopic (exact) mass is 250 g/mol. The largest absolute Gasteiger partial charge is 0.507 e. The minimum atomic E-state index is 0.406. The van der Waals surface area contributed by atoms with Gasteiger partial charge in [-0.25, -0.2) is 0 Å². The maximum absolute atomic E-state index is 9.11. The predicted molar refractivity (Wildman–Crippen MR) is 50.4 cm³/mol. The van der Waals surface area contributed by atoms with E-state index in [-0.39, 0.29) is 0 Å². The minimum Gasteiger partial charge on any atom is -0.507 e. The summed E-state index contributed by atoms with van der Waals surface area (Å²) >= 11 is 2.15. The van der Waals surface area contributed by atoms with E-state index in [4.69, 9.17) is 5.11 Å². The van der Waals surface area contributed by atoms with Crippen LogP contribution < -0.4 is 5.19 Å². The summed E-state index contributed by atoms with van der Waals surface area (Å²) in [6.45, 7) is 0. The number of hydrogen-bond acceptors (Lipinski definition) is 1. The van der Waals surface area contributed by atoms with Gasteiger partial charge in [0.2, 0.25) is 0 Å². The topological polar surface area (TPSA) is 20.2 Å². The van der Waals surface area contributed by atoms with E-state index >= 15 is 0 Å². The SMILES string of the molecule is Oc1cccc([SiH3])c1I. The first-order valence-electron chi connectivity index (χ1n) is 2.66. The summed E-state index contributed by atoms with van der Waals surface area (Å²) in [5, 5.41) is 10.4. The van der Waals surface area contributed by atoms with Gasteiger partial charge < -0.3 is 5.11 Å². The Balaban J connectivity index is 3.25. The lowest BCUT2D eigenvalue weighted by atomic mass is 10.3. The second-order valence-corrected chi connectivity index (χ2v) is 4.06. The molecule has 0 unspecified atom stereocenters. The number of aromatic hydroxyl groups is 1. The van der Waals surface area contributed by atoms with Gasteiger partial charge in [-0.3, -0.25) is 0 Å². The molecule has 0 saturated carbocycles. The van der Waals surface area contributed by atoms with Gasteiger partial charge in [0.15, 0.2) is 0 Å². The molecule has 0 aliphatic rings. The van der Waals surface area contributed by atoms with Gasteiger partial charge in [0.05, 0.1) is 3.57 Å². The van der Waals surface area contributed by atoms with Gasteiger partial charge in [0.25, 0.3) is 0 Å². The van der Waals surface area contributed by atoms with Crippen LogP contribution in [0, 0.1) is 3.57 Å². The third-order valence-corrected chi connectivity index (χ3v) is 4.43. The Kier molecular flexibility index (Phi) is 2.12. The summed E-state index contributed by atoms with van der Waals surface area (Å²) in [4.78, 5) is 0. The van der Waals surface area contributed by atoms with Crippen LogP contribution in [0.4, 0.5) is 0 Å². The molecule has 0 aromatic heterocycles. The lowest BCUT2D eigenvalue weighted by molar-refractivity contribution is 0.472. The predicted octanol–water partition coefficient (Wildman–Crippen LogP) is -0.0125. The summed E-state index contributed by atoms with van der Waals surface area (Å²) < 4.78 is 1.00. The highest BCUT2D eigenvalue weighted by molar-refractivity contribution is 14.1. The van der Waals surface area contributed by atoms with Crippen LogP contribution in [0.1, 0.15) is 0 Å². The summed E-state index contributed by atoms with van der Waals surface area (Å²) in [5.74, 6) is 0.406. The third-order valence-electron chi connectivity index (χ3n) is 1.17. The maximum atomic E-state index is 9.11. The Morgan fingerprint density at radius 1 is 1.44 bits per heavy atom. The van der Waals surface area contributed by atoms with Gasteiger partial charge in [0, 0.05) is 10.2 Å². The number of hydrogen-bond donors (Lipinski definition) is 1. The molecule has 1 N–H and O–H groups in total. The Labute approximate surface area is 70.7 Å². The van der Waals surface area contributed by atoms with Crippen molar-refractivity contribution in [1.29, 1.82) is 0 Å². The summed E-state index contributed by atoms with van der Waals surface area (Å²) in [6.07, 6.45) is 0. The van der Waals surface area contributed by atoms with E-state index in [9.17, 15) is 0 Å². The van der Waals surface area contributed by atoms with Gasteiger partial charge in [-0.05, 0) is 28.7 Å². The lowest BCUT2D eigenvalue weighted by Gasteiger charge is -1.97. The Morgan fingerprint density at radius 2 is 2.11 bits per heavy atom. The van der Waals surface area contributed by atoms with Crippen LogP contribution in [0.5, 0.6) is 5.75 Å².